The van der Waals surface area contributed by atoms with Crippen LogP contribution in [0, 0.1) is 5.92 Å². The molecule has 1 fully saturated rings. The Morgan fingerprint density at radius 2 is 1.96 bits per heavy atom. The molecule has 1 amide bonds. The predicted octanol–water partition coefficient (Wildman–Crippen LogP) is 3.51. The van der Waals surface area contributed by atoms with Gasteiger partial charge in [-0.25, -0.2) is 4.79 Å². The first kappa shape index (κ1) is 16.2. The summed E-state index contributed by atoms with van der Waals surface area (Å²) in [5, 5.41) is 3.97. The second-order valence-corrected chi connectivity index (χ2v) is 7.09. The number of H-pyrrole nitrogens is 1. The summed E-state index contributed by atoms with van der Waals surface area (Å²) in [4.78, 5) is 28.5. The molecule has 0 unspecified atom stereocenters. The molecule has 2 aromatic rings. The van der Waals surface area contributed by atoms with Crippen LogP contribution in [0.5, 0.6) is 0 Å². The maximum absolute atomic E-state index is 12.7. The molecule has 1 aliphatic heterocycles. The van der Waals surface area contributed by atoms with E-state index in [9.17, 15) is 9.59 Å². The van der Waals surface area contributed by atoms with E-state index >= 15 is 0 Å². The number of amides is 1. The first-order valence-electron chi connectivity index (χ1n) is 9.28. The Bertz CT molecular complexity index is 804. The van der Waals surface area contributed by atoms with Crippen molar-refractivity contribution in [3.8, 4) is 0 Å². The lowest BCUT2D eigenvalue weighted by atomic mass is 9.71. The van der Waals surface area contributed by atoms with Gasteiger partial charge in [-0.05, 0) is 37.3 Å². The maximum Gasteiger partial charge on any atom is 0.329 e. The molecule has 1 aliphatic carbocycles. The monoisotopic (exact) mass is 340 g/mol. The van der Waals surface area contributed by atoms with E-state index in [0.29, 0.717) is 18.2 Å². The summed E-state index contributed by atoms with van der Waals surface area (Å²) in [5.41, 5.74) is 2.56. The van der Waals surface area contributed by atoms with Crippen molar-refractivity contribution in [3.63, 3.8) is 0 Å². The SMILES string of the molecule is CCOC(=O)[C@H]1NC(=O)c2[nH]c3ccccc3c2[C@@H]1C1CCCCC1. The van der Waals surface area contributed by atoms with Crippen molar-refractivity contribution in [2.75, 3.05) is 6.61 Å². The van der Waals surface area contributed by atoms with Crippen molar-refractivity contribution in [3.05, 3.63) is 35.5 Å². The van der Waals surface area contributed by atoms with Gasteiger partial charge in [0.15, 0.2) is 0 Å². The number of para-hydroxylation sites is 1. The number of aromatic nitrogens is 1. The number of hydrogen-bond donors (Lipinski definition) is 2. The Labute approximate surface area is 147 Å². The quantitative estimate of drug-likeness (QED) is 0.840. The lowest BCUT2D eigenvalue weighted by molar-refractivity contribution is -0.146. The minimum Gasteiger partial charge on any atom is -0.464 e. The van der Waals surface area contributed by atoms with Crippen LogP contribution in [0.4, 0.5) is 0 Å². The molecule has 0 radical (unpaired) electrons. The van der Waals surface area contributed by atoms with Crippen molar-refractivity contribution >= 4 is 22.8 Å². The number of fused-ring (bicyclic) bond motifs is 3. The molecule has 1 aromatic heterocycles. The van der Waals surface area contributed by atoms with Gasteiger partial charge in [-0.3, -0.25) is 4.79 Å². The van der Waals surface area contributed by atoms with Gasteiger partial charge in [0.25, 0.3) is 5.91 Å². The first-order valence-corrected chi connectivity index (χ1v) is 9.28. The molecule has 2 heterocycles. The number of nitrogens with one attached hydrogen (secondary N) is 2. The number of hydrogen-bond acceptors (Lipinski definition) is 3. The highest BCUT2D eigenvalue weighted by molar-refractivity contribution is 6.05. The summed E-state index contributed by atoms with van der Waals surface area (Å²) in [7, 11) is 0. The molecular weight excluding hydrogens is 316 g/mol. The van der Waals surface area contributed by atoms with Crippen LogP contribution in [0.25, 0.3) is 10.9 Å². The second-order valence-electron chi connectivity index (χ2n) is 7.09. The standard InChI is InChI=1S/C20H24N2O3/c1-2-25-20(24)18-15(12-8-4-3-5-9-12)16-13-10-6-7-11-14(13)21-17(16)19(23)22-18/h6-7,10-12,15,18,21H,2-5,8-9H2,1H3,(H,22,23)/t15-,18-/m0/s1. The fourth-order valence-electron chi connectivity index (χ4n) is 4.60. The lowest BCUT2D eigenvalue weighted by Crippen LogP contribution is -2.52. The third-order valence-corrected chi connectivity index (χ3v) is 5.65. The summed E-state index contributed by atoms with van der Waals surface area (Å²) >= 11 is 0. The van der Waals surface area contributed by atoms with Crippen LogP contribution in [0.1, 0.15) is 61.0 Å². The van der Waals surface area contributed by atoms with E-state index in [2.05, 4.69) is 10.3 Å². The highest BCUT2D eigenvalue weighted by atomic mass is 16.5. The largest absolute Gasteiger partial charge is 0.464 e. The van der Waals surface area contributed by atoms with Gasteiger partial charge in [-0.2, -0.15) is 0 Å². The first-order chi connectivity index (χ1) is 12.2. The number of ether oxygens (including phenoxy) is 1. The van der Waals surface area contributed by atoms with Crippen molar-refractivity contribution in [2.45, 2.75) is 51.0 Å². The second kappa shape index (κ2) is 6.54. The van der Waals surface area contributed by atoms with Gasteiger partial charge in [0.1, 0.15) is 11.7 Å². The molecule has 25 heavy (non-hydrogen) atoms. The van der Waals surface area contributed by atoms with Crippen LogP contribution in [0.2, 0.25) is 0 Å². The molecule has 0 saturated heterocycles. The zero-order chi connectivity index (χ0) is 17.4. The Balaban J connectivity index is 1.85. The summed E-state index contributed by atoms with van der Waals surface area (Å²) in [6, 6.07) is 7.38. The van der Waals surface area contributed by atoms with Crippen LogP contribution in [-0.4, -0.2) is 29.5 Å². The van der Waals surface area contributed by atoms with E-state index in [0.717, 1.165) is 29.3 Å². The van der Waals surface area contributed by atoms with E-state index in [1.165, 1.54) is 19.3 Å². The summed E-state index contributed by atoms with van der Waals surface area (Å²) < 4.78 is 5.29. The van der Waals surface area contributed by atoms with Crippen LogP contribution in [-0.2, 0) is 9.53 Å². The van der Waals surface area contributed by atoms with Gasteiger partial charge in [-0.1, -0.05) is 37.5 Å². The zero-order valence-corrected chi connectivity index (χ0v) is 14.5. The molecule has 1 saturated carbocycles. The summed E-state index contributed by atoms with van der Waals surface area (Å²) in [6.45, 7) is 2.12. The van der Waals surface area contributed by atoms with Crippen molar-refractivity contribution in [1.29, 1.82) is 0 Å². The van der Waals surface area contributed by atoms with Gasteiger partial charge in [-0.15, -0.1) is 0 Å². The predicted molar refractivity (Wildman–Crippen MR) is 95.5 cm³/mol. The Morgan fingerprint density at radius 1 is 1.20 bits per heavy atom. The number of rotatable bonds is 3. The maximum atomic E-state index is 12.7. The Morgan fingerprint density at radius 3 is 2.72 bits per heavy atom. The number of benzene rings is 1. The van der Waals surface area contributed by atoms with E-state index in [1.54, 1.807) is 6.92 Å². The topological polar surface area (TPSA) is 71.2 Å². The Hall–Kier alpha value is -2.30. The van der Waals surface area contributed by atoms with E-state index in [-0.39, 0.29) is 17.8 Å². The fourth-order valence-corrected chi connectivity index (χ4v) is 4.60. The molecule has 2 atom stereocenters. The van der Waals surface area contributed by atoms with Gasteiger partial charge in [0.05, 0.1) is 6.61 Å². The molecule has 0 spiro atoms. The minimum absolute atomic E-state index is 0.0248. The number of esters is 1. The number of aromatic amines is 1. The van der Waals surface area contributed by atoms with Gasteiger partial charge in [0, 0.05) is 16.8 Å². The highest BCUT2D eigenvalue weighted by Crippen LogP contribution is 2.44. The molecule has 5 nitrogen and oxygen atoms in total. The smallest absolute Gasteiger partial charge is 0.329 e. The third kappa shape index (κ3) is 2.71. The van der Waals surface area contributed by atoms with Crippen LogP contribution in [0.15, 0.2) is 24.3 Å². The normalized spacial score (nSPS) is 24.0. The van der Waals surface area contributed by atoms with Gasteiger partial charge >= 0.3 is 5.97 Å². The average molecular weight is 340 g/mol. The van der Waals surface area contributed by atoms with Crippen molar-refractivity contribution in [2.24, 2.45) is 5.92 Å². The molecule has 4 rings (SSSR count). The molecule has 2 aliphatic rings. The number of carbonyl (C=O) groups excluding carboxylic acids is 2. The number of carbonyl (C=O) groups is 2. The van der Waals surface area contributed by atoms with Crippen molar-refractivity contribution < 1.29 is 14.3 Å². The highest BCUT2D eigenvalue weighted by Gasteiger charge is 2.44. The summed E-state index contributed by atoms with van der Waals surface area (Å²) in [5.74, 6) is -0.163. The molecule has 0 bridgehead atoms. The van der Waals surface area contributed by atoms with E-state index in [1.807, 2.05) is 24.3 Å². The molecular formula is C20H24N2O3. The summed E-state index contributed by atoms with van der Waals surface area (Å²) in [6.07, 6.45) is 5.80. The molecule has 132 valence electrons. The Kier molecular flexibility index (Phi) is 4.24. The van der Waals surface area contributed by atoms with Crippen LogP contribution >= 0.6 is 0 Å². The average Bonchev–Trinajstić information content (AvgIpc) is 3.03. The molecule has 1 aromatic carbocycles. The van der Waals surface area contributed by atoms with E-state index < -0.39 is 6.04 Å². The fraction of sp³-hybridized carbons (Fsp3) is 0.500. The van der Waals surface area contributed by atoms with Gasteiger partial charge < -0.3 is 15.0 Å². The molecule has 5 heteroatoms. The van der Waals surface area contributed by atoms with E-state index in [4.69, 9.17) is 4.74 Å². The zero-order valence-electron chi connectivity index (χ0n) is 14.5. The van der Waals surface area contributed by atoms with Gasteiger partial charge in [0.2, 0.25) is 0 Å². The van der Waals surface area contributed by atoms with Crippen LogP contribution < -0.4 is 5.32 Å². The lowest BCUT2D eigenvalue weighted by Gasteiger charge is -2.38. The van der Waals surface area contributed by atoms with Crippen molar-refractivity contribution in [1.82, 2.24) is 10.3 Å². The molecule has 2 N–H and O–H groups in total. The third-order valence-electron chi connectivity index (χ3n) is 5.65. The minimum atomic E-state index is -0.595. The van der Waals surface area contributed by atoms with Crippen LogP contribution in [0.3, 0.4) is 0 Å².